The van der Waals surface area contributed by atoms with E-state index in [1.165, 1.54) is 29.8 Å². The maximum atomic E-state index is 13.1. The van der Waals surface area contributed by atoms with Crippen LogP contribution in [0.15, 0.2) is 48.5 Å². The minimum absolute atomic E-state index is 0.0236. The van der Waals surface area contributed by atoms with Crippen molar-refractivity contribution < 1.29 is 9.18 Å². The van der Waals surface area contributed by atoms with Gasteiger partial charge in [-0.15, -0.1) is 0 Å². The number of carbonyl (C=O) groups excluding carboxylic acids is 1. The number of halogens is 2. The van der Waals surface area contributed by atoms with Gasteiger partial charge in [-0.3, -0.25) is 4.79 Å². The van der Waals surface area contributed by atoms with E-state index in [-0.39, 0.29) is 16.3 Å². The van der Waals surface area contributed by atoms with Crippen LogP contribution >= 0.6 is 11.6 Å². The quantitative estimate of drug-likeness (QED) is 0.747. The van der Waals surface area contributed by atoms with Crippen LogP contribution in [0.3, 0.4) is 0 Å². The van der Waals surface area contributed by atoms with Gasteiger partial charge in [-0.25, -0.2) is 4.39 Å². The minimum atomic E-state index is -0.515. The van der Waals surface area contributed by atoms with Gasteiger partial charge in [-0.2, -0.15) is 0 Å². The number of benzene rings is 2. The van der Waals surface area contributed by atoms with Gasteiger partial charge in [0, 0.05) is 11.8 Å². The molecule has 4 heteroatoms. The lowest BCUT2D eigenvalue weighted by Gasteiger charge is -2.18. The van der Waals surface area contributed by atoms with Crippen LogP contribution in [0.1, 0.15) is 31.9 Å². The molecule has 0 aliphatic heterocycles. The Morgan fingerprint density at radius 3 is 2.35 bits per heavy atom. The van der Waals surface area contributed by atoms with Crippen LogP contribution in [-0.4, -0.2) is 5.91 Å². The summed E-state index contributed by atoms with van der Waals surface area (Å²) in [6.07, 6.45) is 3.16. The highest BCUT2D eigenvalue weighted by Crippen LogP contribution is 2.22. The summed E-state index contributed by atoms with van der Waals surface area (Å²) in [5.74, 6) is -0.813. The lowest BCUT2D eigenvalue weighted by Crippen LogP contribution is -2.10. The topological polar surface area (TPSA) is 29.1 Å². The summed E-state index contributed by atoms with van der Waals surface area (Å²) in [7, 11) is 0. The molecule has 0 aliphatic carbocycles. The Kier molecular flexibility index (Phi) is 5.22. The number of carbonyl (C=O) groups is 1. The van der Waals surface area contributed by atoms with E-state index >= 15 is 0 Å². The first kappa shape index (κ1) is 17.2. The van der Waals surface area contributed by atoms with Crippen LogP contribution in [0.4, 0.5) is 10.1 Å². The molecular formula is C19H19ClFNO. The Morgan fingerprint density at radius 1 is 1.13 bits per heavy atom. The zero-order valence-electron chi connectivity index (χ0n) is 13.4. The van der Waals surface area contributed by atoms with Crippen molar-refractivity contribution >= 4 is 29.3 Å². The number of hydrogen-bond donors (Lipinski definition) is 1. The van der Waals surface area contributed by atoms with Crippen molar-refractivity contribution in [1.29, 1.82) is 0 Å². The van der Waals surface area contributed by atoms with Crippen molar-refractivity contribution in [2.45, 2.75) is 26.2 Å². The average molecular weight is 332 g/mol. The first-order valence-electron chi connectivity index (χ1n) is 7.30. The third kappa shape index (κ3) is 4.93. The largest absolute Gasteiger partial charge is 0.322 e. The highest BCUT2D eigenvalue weighted by molar-refractivity contribution is 6.31. The summed E-state index contributed by atoms with van der Waals surface area (Å²) in [4.78, 5) is 11.9. The molecule has 2 rings (SSSR count). The molecule has 1 N–H and O–H groups in total. The molecule has 0 bridgehead atoms. The number of anilines is 1. The lowest BCUT2D eigenvalue weighted by molar-refractivity contribution is -0.111. The molecule has 0 unspecified atom stereocenters. The first-order chi connectivity index (χ1) is 10.8. The Hall–Kier alpha value is -2.13. The zero-order chi connectivity index (χ0) is 17.0. The zero-order valence-corrected chi connectivity index (χ0v) is 14.1. The summed E-state index contributed by atoms with van der Waals surface area (Å²) in [5, 5.41) is 2.62. The smallest absolute Gasteiger partial charge is 0.248 e. The number of hydrogen-bond acceptors (Lipinski definition) is 1. The van der Waals surface area contributed by atoms with E-state index in [0.717, 1.165) is 5.56 Å². The molecule has 0 aromatic heterocycles. The molecule has 0 radical (unpaired) electrons. The minimum Gasteiger partial charge on any atom is -0.322 e. The van der Waals surface area contributed by atoms with E-state index < -0.39 is 5.82 Å². The van der Waals surface area contributed by atoms with Crippen molar-refractivity contribution in [3.8, 4) is 0 Å². The van der Waals surface area contributed by atoms with Crippen LogP contribution in [0, 0.1) is 5.82 Å². The molecule has 0 saturated carbocycles. The van der Waals surface area contributed by atoms with Crippen molar-refractivity contribution in [3.63, 3.8) is 0 Å². The lowest BCUT2D eigenvalue weighted by atomic mass is 9.87. The van der Waals surface area contributed by atoms with Gasteiger partial charge in [-0.1, -0.05) is 56.6 Å². The Morgan fingerprint density at radius 2 is 1.78 bits per heavy atom. The van der Waals surface area contributed by atoms with E-state index in [0.29, 0.717) is 5.69 Å². The average Bonchev–Trinajstić information content (AvgIpc) is 2.48. The molecule has 0 heterocycles. The van der Waals surface area contributed by atoms with E-state index in [9.17, 15) is 9.18 Å². The van der Waals surface area contributed by atoms with E-state index in [4.69, 9.17) is 11.6 Å². The third-order valence-corrected chi connectivity index (χ3v) is 3.68. The maximum Gasteiger partial charge on any atom is 0.248 e. The van der Waals surface area contributed by atoms with Crippen LogP contribution in [0.25, 0.3) is 6.08 Å². The molecule has 0 aliphatic rings. The van der Waals surface area contributed by atoms with Crippen molar-refractivity contribution in [1.82, 2.24) is 0 Å². The van der Waals surface area contributed by atoms with Crippen LogP contribution in [0.2, 0.25) is 5.02 Å². The van der Waals surface area contributed by atoms with Gasteiger partial charge in [0.25, 0.3) is 0 Å². The van der Waals surface area contributed by atoms with Gasteiger partial charge in [0.2, 0.25) is 5.91 Å². The molecule has 0 saturated heterocycles. The fraction of sp³-hybridized carbons (Fsp3) is 0.211. The first-order valence-corrected chi connectivity index (χ1v) is 7.68. The normalized spacial score (nSPS) is 11.7. The van der Waals surface area contributed by atoms with Gasteiger partial charge in [0.15, 0.2) is 0 Å². The van der Waals surface area contributed by atoms with Gasteiger partial charge in [0.1, 0.15) is 5.82 Å². The second kappa shape index (κ2) is 6.97. The van der Waals surface area contributed by atoms with Crippen molar-refractivity contribution in [3.05, 3.63) is 70.5 Å². The van der Waals surface area contributed by atoms with E-state index in [2.05, 4.69) is 38.2 Å². The van der Waals surface area contributed by atoms with Crippen molar-refractivity contribution in [2.75, 3.05) is 5.32 Å². The van der Waals surface area contributed by atoms with Gasteiger partial charge < -0.3 is 5.32 Å². The van der Waals surface area contributed by atoms with Crippen LogP contribution < -0.4 is 5.32 Å². The predicted molar refractivity (Wildman–Crippen MR) is 94.2 cm³/mol. The standard InChI is InChI=1S/C19H19ClFNO/c1-19(2,3)14-7-4-13(5-8-14)6-11-18(23)22-15-9-10-17(21)16(20)12-15/h4-12H,1-3H3,(H,22,23). The van der Waals surface area contributed by atoms with E-state index in [1.807, 2.05) is 12.1 Å². The highest BCUT2D eigenvalue weighted by atomic mass is 35.5. The molecular weight excluding hydrogens is 313 g/mol. The van der Waals surface area contributed by atoms with Gasteiger partial charge >= 0.3 is 0 Å². The molecule has 23 heavy (non-hydrogen) atoms. The highest BCUT2D eigenvalue weighted by Gasteiger charge is 2.12. The van der Waals surface area contributed by atoms with Gasteiger partial charge in [-0.05, 0) is 40.8 Å². The van der Waals surface area contributed by atoms with Crippen LogP contribution in [-0.2, 0) is 10.2 Å². The molecule has 2 nitrogen and oxygen atoms in total. The molecule has 2 aromatic rings. The van der Waals surface area contributed by atoms with Crippen LogP contribution in [0.5, 0.6) is 0 Å². The molecule has 0 spiro atoms. The van der Waals surface area contributed by atoms with Gasteiger partial charge in [0.05, 0.1) is 5.02 Å². The SMILES string of the molecule is CC(C)(C)c1ccc(C=CC(=O)Nc2ccc(F)c(Cl)c2)cc1. The fourth-order valence-electron chi connectivity index (χ4n) is 2.02. The summed E-state index contributed by atoms with van der Waals surface area (Å²) in [6, 6.07) is 12.1. The number of rotatable bonds is 3. The predicted octanol–water partition coefficient (Wildman–Crippen LogP) is 5.43. The second-order valence-electron chi connectivity index (χ2n) is 6.32. The second-order valence-corrected chi connectivity index (χ2v) is 6.73. The number of nitrogens with one attached hydrogen (secondary N) is 1. The molecule has 2 aromatic carbocycles. The summed E-state index contributed by atoms with van der Waals surface area (Å²) < 4.78 is 13.1. The summed E-state index contributed by atoms with van der Waals surface area (Å²) in [5.41, 5.74) is 2.72. The number of amides is 1. The molecule has 0 atom stereocenters. The Labute approximate surface area is 141 Å². The van der Waals surface area contributed by atoms with Crippen molar-refractivity contribution in [2.24, 2.45) is 0 Å². The third-order valence-electron chi connectivity index (χ3n) is 3.39. The fourth-order valence-corrected chi connectivity index (χ4v) is 2.20. The Bertz CT molecular complexity index is 730. The van der Waals surface area contributed by atoms with E-state index in [1.54, 1.807) is 6.08 Å². The maximum absolute atomic E-state index is 13.1. The molecule has 0 fully saturated rings. The molecule has 1 amide bonds. The molecule has 120 valence electrons. The monoisotopic (exact) mass is 331 g/mol. The summed E-state index contributed by atoms with van der Waals surface area (Å²) in [6.45, 7) is 6.46. The Balaban J connectivity index is 2.02. The summed E-state index contributed by atoms with van der Waals surface area (Å²) >= 11 is 5.68.